The molecule has 0 aromatic heterocycles. The number of hydrogen-bond donors (Lipinski definition) is 2. The quantitative estimate of drug-likeness (QED) is 0.683. The van der Waals surface area contributed by atoms with Crippen molar-refractivity contribution in [3.63, 3.8) is 0 Å². The van der Waals surface area contributed by atoms with E-state index in [1.54, 1.807) is 0 Å². The minimum atomic E-state index is -0.695. The predicted molar refractivity (Wildman–Crippen MR) is 64.0 cm³/mol. The molecule has 3 nitrogen and oxygen atoms in total. The van der Waals surface area contributed by atoms with Crippen molar-refractivity contribution >= 4 is 0 Å². The minimum absolute atomic E-state index is 0.0605. The Labute approximate surface area is 94.2 Å². The fraction of sp³-hybridized carbons (Fsp3) is 1.00. The van der Waals surface area contributed by atoms with Gasteiger partial charge in [0.2, 0.25) is 0 Å². The Morgan fingerprint density at radius 1 is 1.27 bits per heavy atom. The Bertz CT molecular complexity index is 163. The highest BCUT2D eigenvalue weighted by molar-refractivity contribution is 4.84. The Morgan fingerprint density at radius 3 is 2.13 bits per heavy atom. The first-order valence-electron chi connectivity index (χ1n) is 5.85. The van der Waals surface area contributed by atoms with E-state index in [1.165, 1.54) is 0 Å². The number of rotatable bonds is 7. The molecule has 0 saturated heterocycles. The van der Waals surface area contributed by atoms with Crippen molar-refractivity contribution in [3.8, 4) is 0 Å². The summed E-state index contributed by atoms with van der Waals surface area (Å²) in [6.45, 7) is 13.4. The number of hydrogen-bond acceptors (Lipinski definition) is 3. The lowest BCUT2D eigenvalue weighted by Crippen LogP contribution is -2.52. The lowest BCUT2D eigenvalue weighted by molar-refractivity contribution is 0.0261. The van der Waals surface area contributed by atoms with Gasteiger partial charge in [-0.15, -0.1) is 0 Å². The summed E-state index contributed by atoms with van der Waals surface area (Å²) in [4.78, 5) is 0. The maximum absolute atomic E-state index is 9.84. The highest BCUT2D eigenvalue weighted by Crippen LogP contribution is 2.11. The third-order valence-corrected chi connectivity index (χ3v) is 2.83. The van der Waals surface area contributed by atoms with E-state index >= 15 is 0 Å². The molecule has 0 bridgehead atoms. The summed E-state index contributed by atoms with van der Waals surface area (Å²) in [7, 11) is 0. The van der Waals surface area contributed by atoms with E-state index in [9.17, 15) is 5.11 Å². The summed E-state index contributed by atoms with van der Waals surface area (Å²) in [5, 5.41) is 13.3. The second kappa shape index (κ2) is 6.46. The van der Waals surface area contributed by atoms with E-state index < -0.39 is 5.60 Å². The zero-order valence-electron chi connectivity index (χ0n) is 11.0. The van der Waals surface area contributed by atoms with E-state index in [-0.39, 0.29) is 6.04 Å². The van der Waals surface area contributed by atoms with Crippen molar-refractivity contribution in [1.82, 2.24) is 5.32 Å². The van der Waals surface area contributed by atoms with Crippen LogP contribution in [0.15, 0.2) is 0 Å². The molecule has 0 spiro atoms. The molecule has 3 heteroatoms. The first-order valence-corrected chi connectivity index (χ1v) is 5.85. The molecule has 0 rings (SSSR count). The fourth-order valence-electron chi connectivity index (χ4n) is 1.20. The molecule has 92 valence electrons. The Morgan fingerprint density at radius 2 is 1.80 bits per heavy atom. The third-order valence-electron chi connectivity index (χ3n) is 2.83. The van der Waals surface area contributed by atoms with Crippen molar-refractivity contribution in [2.24, 2.45) is 5.92 Å². The SMILES string of the molecule is CCOCC(NC(C)C(C)(C)O)C(C)C. The predicted octanol–water partition coefficient (Wildman–Crippen LogP) is 1.80. The molecule has 0 aliphatic carbocycles. The largest absolute Gasteiger partial charge is 0.389 e. The van der Waals surface area contributed by atoms with Crippen LogP contribution in [0, 0.1) is 5.92 Å². The van der Waals surface area contributed by atoms with Gasteiger partial charge in [-0.2, -0.15) is 0 Å². The van der Waals surface area contributed by atoms with Gasteiger partial charge in [0.25, 0.3) is 0 Å². The zero-order chi connectivity index (χ0) is 12.1. The molecule has 0 radical (unpaired) electrons. The monoisotopic (exact) mass is 217 g/mol. The lowest BCUT2D eigenvalue weighted by Gasteiger charge is -2.32. The molecule has 0 aliphatic heterocycles. The van der Waals surface area contributed by atoms with Crippen LogP contribution in [-0.2, 0) is 4.74 Å². The van der Waals surface area contributed by atoms with Crippen molar-refractivity contribution < 1.29 is 9.84 Å². The van der Waals surface area contributed by atoms with Crippen LogP contribution in [0.2, 0.25) is 0 Å². The minimum Gasteiger partial charge on any atom is -0.389 e. The van der Waals surface area contributed by atoms with Crippen LogP contribution < -0.4 is 5.32 Å². The molecule has 2 unspecified atom stereocenters. The van der Waals surface area contributed by atoms with Crippen LogP contribution in [0.25, 0.3) is 0 Å². The molecule has 0 aliphatic rings. The van der Waals surface area contributed by atoms with E-state index in [1.807, 2.05) is 27.7 Å². The second-order valence-electron chi connectivity index (χ2n) is 5.05. The van der Waals surface area contributed by atoms with Gasteiger partial charge in [-0.1, -0.05) is 13.8 Å². The van der Waals surface area contributed by atoms with Gasteiger partial charge in [0.15, 0.2) is 0 Å². The third kappa shape index (κ3) is 6.13. The molecule has 0 fully saturated rings. The van der Waals surface area contributed by atoms with Crippen LogP contribution in [0.1, 0.15) is 41.5 Å². The molecule has 2 atom stereocenters. The second-order valence-corrected chi connectivity index (χ2v) is 5.05. The summed E-state index contributed by atoms with van der Waals surface area (Å²) in [6, 6.07) is 0.358. The number of nitrogens with one attached hydrogen (secondary N) is 1. The highest BCUT2D eigenvalue weighted by atomic mass is 16.5. The summed E-state index contributed by atoms with van der Waals surface area (Å²) >= 11 is 0. The topological polar surface area (TPSA) is 41.5 Å². The van der Waals surface area contributed by atoms with Gasteiger partial charge in [0.1, 0.15) is 0 Å². The van der Waals surface area contributed by atoms with Crippen LogP contribution >= 0.6 is 0 Å². The molecule has 0 aromatic carbocycles. The number of aliphatic hydroxyl groups is 1. The summed E-state index contributed by atoms with van der Waals surface area (Å²) in [5.41, 5.74) is -0.695. The molecule has 0 saturated carbocycles. The standard InChI is InChI=1S/C12H27NO2/c1-7-15-8-11(9(2)3)13-10(4)12(5,6)14/h9-11,13-14H,7-8H2,1-6H3. The van der Waals surface area contributed by atoms with Crippen molar-refractivity contribution in [2.75, 3.05) is 13.2 Å². The van der Waals surface area contributed by atoms with Gasteiger partial charge in [0, 0.05) is 18.7 Å². The Balaban J connectivity index is 4.16. The van der Waals surface area contributed by atoms with Crippen molar-refractivity contribution in [2.45, 2.75) is 59.2 Å². The molecular formula is C12H27NO2. The van der Waals surface area contributed by atoms with Gasteiger partial charge in [-0.25, -0.2) is 0 Å². The van der Waals surface area contributed by atoms with Gasteiger partial charge in [0.05, 0.1) is 12.2 Å². The van der Waals surface area contributed by atoms with Gasteiger partial charge in [-0.05, 0) is 33.6 Å². The fourth-order valence-corrected chi connectivity index (χ4v) is 1.20. The lowest BCUT2D eigenvalue weighted by atomic mass is 9.97. The van der Waals surface area contributed by atoms with E-state index in [0.717, 1.165) is 6.61 Å². The molecule has 15 heavy (non-hydrogen) atoms. The van der Waals surface area contributed by atoms with E-state index in [0.29, 0.717) is 18.6 Å². The maximum atomic E-state index is 9.84. The normalized spacial score (nSPS) is 16.8. The average molecular weight is 217 g/mol. The van der Waals surface area contributed by atoms with E-state index in [4.69, 9.17) is 4.74 Å². The Hall–Kier alpha value is -0.120. The van der Waals surface area contributed by atoms with E-state index in [2.05, 4.69) is 19.2 Å². The molecule has 0 heterocycles. The van der Waals surface area contributed by atoms with Gasteiger partial charge < -0.3 is 15.2 Å². The van der Waals surface area contributed by atoms with Crippen LogP contribution in [0.5, 0.6) is 0 Å². The summed E-state index contributed by atoms with van der Waals surface area (Å²) < 4.78 is 5.43. The molecule has 0 aromatic rings. The molecular weight excluding hydrogens is 190 g/mol. The smallest absolute Gasteiger partial charge is 0.0741 e. The Kier molecular flexibility index (Phi) is 6.41. The van der Waals surface area contributed by atoms with Crippen LogP contribution in [0.3, 0.4) is 0 Å². The van der Waals surface area contributed by atoms with Gasteiger partial charge in [-0.3, -0.25) is 0 Å². The van der Waals surface area contributed by atoms with Crippen LogP contribution in [0.4, 0.5) is 0 Å². The van der Waals surface area contributed by atoms with Crippen LogP contribution in [-0.4, -0.2) is 36.0 Å². The zero-order valence-corrected chi connectivity index (χ0v) is 11.0. The van der Waals surface area contributed by atoms with Crippen molar-refractivity contribution in [3.05, 3.63) is 0 Å². The first kappa shape index (κ1) is 14.9. The van der Waals surface area contributed by atoms with Gasteiger partial charge >= 0.3 is 0 Å². The molecule has 0 amide bonds. The number of ether oxygens (including phenoxy) is 1. The summed E-state index contributed by atoms with van der Waals surface area (Å²) in [5.74, 6) is 0.501. The maximum Gasteiger partial charge on any atom is 0.0741 e. The summed E-state index contributed by atoms with van der Waals surface area (Å²) in [6.07, 6.45) is 0. The highest BCUT2D eigenvalue weighted by Gasteiger charge is 2.25. The van der Waals surface area contributed by atoms with Crippen molar-refractivity contribution in [1.29, 1.82) is 0 Å². The average Bonchev–Trinajstić information content (AvgIpc) is 2.09. The first-order chi connectivity index (χ1) is 6.79. The molecule has 2 N–H and O–H groups in total.